The summed E-state index contributed by atoms with van der Waals surface area (Å²) in [6.45, 7) is 1.73. The Hall–Kier alpha value is -2.66. The monoisotopic (exact) mass is 395 g/mol. The molecule has 0 spiro atoms. The molecule has 1 saturated heterocycles. The predicted octanol–water partition coefficient (Wildman–Crippen LogP) is 3.82. The van der Waals surface area contributed by atoms with Crippen molar-refractivity contribution < 1.29 is 9.18 Å². The van der Waals surface area contributed by atoms with Crippen LogP contribution in [0.1, 0.15) is 5.56 Å². The third kappa shape index (κ3) is 3.20. The normalized spacial score (nSPS) is 22.9. The van der Waals surface area contributed by atoms with Crippen molar-refractivity contribution in [3.8, 4) is 0 Å². The first-order chi connectivity index (χ1) is 13.6. The summed E-state index contributed by atoms with van der Waals surface area (Å²) in [6.07, 6.45) is 2.13. The number of halogens is 2. The van der Waals surface area contributed by atoms with Gasteiger partial charge in [0.2, 0.25) is 5.91 Å². The van der Waals surface area contributed by atoms with Crippen molar-refractivity contribution in [1.82, 2.24) is 10.3 Å². The van der Waals surface area contributed by atoms with E-state index in [1.54, 1.807) is 30.5 Å². The first kappa shape index (κ1) is 17.4. The van der Waals surface area contributed by atoms with Gasteiger partial charge in [0.05, 0.1) is 11.9 Å². The lowest BCUT2D eigenvalue weighted by atomic mass is 10.1. The molecule has 1 aliphatic heterocycles. The van der Waals surface area contributed by atoms with Crippen molar-refractivity contribution in [3.63, 3.8) is 0 Å². The fraction of sp³-hybridized carbons (Fsp3) is 0.273. The Bertz CT molecular complexity index is 1040. The molecule has 1 aromatic heterocycles. The third-order valence-electron chi connectivity index (χ3n) is 5.82. The van der Waals surface area contributed by atoms with Gasteiger partial charge >= 0.3 is 0 Å². The molecule has 2 aromatic carbocycles. The SMILES string of the molecule is O=C(Cc1ccc(Cl)cc1)NC1C2CN(c3ccnc4ccc(F)cc34)CC21. The summed E-state index contributed by atoms with van der Waals surface area (Å²) in [7, 11) is 0. The molecule has 3 aromatic rings. The first-order valence-corrected chi connectivity index (χ1v) is 9.79. The molecule has 2 unspecified atom stereocenters. The van der Waals surface area contributed by atoms with Crippen LogP contribution in [0.25, 0.3) is 10.9 Å². The van der Waals surface area contributed by atoms with E-state index in [1.165, 1.54) is 6.07 Å². The molecule has 0 bridgehead atoms. The Morgan fingerprint density at radius 1 is 1.14 bits per heavy atom. The lowest BCUT2D eigenvalue weighted by Gasteiger charge is -2.23. The lowest BCUT2D eigenvalue weighted by molar-refractivity contribution is -0.120. The highest BCUT2D eigenvalue weighted by molar-refractivity contribution is 6.30. The van der Waals surface area contributed by atoms with Crippen molar-refractivity contribution in [2.75, 3.05) is 18.0 Å². The second-order valence-corrected chi connectivity index (χ2v) is 8.06. The van der Waals surface area contributed by atoms with Crippen molar-refractivity contribution in [2.24, 2.45) is 11.8 Å². The molecule has 1 saturated carbocycles. The number of carbonyl (C=O) groups excluding carboxylic acids is 1. The number of carbonyl (C=O) groups is 1. The third-order valence-corrected chi connectivity index (χ3v) is 6.07. The molecule has 1 amide bonds. The van der Waals surface area contributed by atoms with Gasteiger partial charge in [-0.1, -0.05) is 23.7 Å². The highest BCUT2D eigenvalue weighted by Crippen LogP contribution is 2.47. The number of piperidine rings is 1. The lowest BCUT2D eigenvalue weighted by Crippen LogP contribution is -2.35. The average Bonchev–Trinajstić information content (AvgIpc) is 3.11. The minimum atomic E-state index is -0.251. The van der Waals surface area contributed by atoms with Gasteiger partial charge in [-0.15, -0.1) is 0 Å². The molecule has 2 atom stereocenters. The Morgan fingerprint density at radius 2 is 1.89 bits per heavy atom. The number of aromatic nitrogens is 1. The summed E-state index contributed by atoms with van der Waals surface area (Å²) in [6, 6.07) is 14.2. The molecule has 1 aliphatic carbocycles. The van der Waals surface area contributed by atoms with Crippen molar-refractivity contribution in [2.45, 2.75) is 12.5 Å². The Kier molecular flexibility index (Phi) is 4.20. The molecule has 2 fully saturated rings. The van der Waals surface area contributed by atoms with Crippen LogP contribution in [0.3, 0.4) is 0 Å². The van der Waals surface area contributed by atoms with Crippen LogP contribution in [0.4, 0.5) is 10.1 Å². The minimum absolute atomic E-state index is 0.0460. The van der Waals surface area contributed by atoms with E-state index in [1.807, 2.05) is 18.2 Å². The van der Waals surface area contributed by atoms with E-state index in [9.17, 15) is 9.18 Å². The molecule has 6 heteroatoms. The van der Waals surface area contributed by atoms with E-state index in [0.29, 0.717) is 23.3 Å². The smallest absolute Gasteiger partial charge is 0.224 e. The quantitative estimate of drug-likeness (QED) is 0.730. The number of hydrogen-bond donors (Lipinski definition) is 1. The number of nitrogens with one attached hydrogen (secondary N) is 1. The zero-order valence-electron chi connectivity index (χ0n) is 15.1. The van der Waals surface area contributed by atoms with Crippen LogP contribution in [-0.2, 0) is 11.2 Å². The number of hydrogen-bond acceptors (Lipinski definition) is 3. The number of amides is 1. The van der Waals surface area contributed by atoms with Gasteiger partial charge in [-0.3, -0.25) is 9.78 Å². The highest BCUT2D eigenvalue weighted by atomic mass is 35.5. The van der Waals surface area contributed by atoms with Gasteiger partial charge in [0.25, 0.3) is 0 Å². The van der Waals surface area contributed by atoms with E-state index in [0.717, 1.165) is 35.2 Å². The van der Waals surface area contributed by atoms with Gasteiger partial charge in [-0.2, -0.15) is 0 Å². The molecule has 2 heterocycles. The van der Waals surface area contributed by atoms with Gasteiger partial charge in [-0.05, 0) is 42.0 Å². The van der Waals surface area contributed by atoms with Gasteiger partial charge in [0.15, 0.2) is 0 Å². The summed E-state index contributed by atoms with van der Waals surface area (Å²) >= 11 is 5.89. The Balaban J connectivity index is 1.22. The summed E-state index contributed by atoms with van der Waals surface area (Å²) < 4.78 is 13.7. The zero-order valence-corrected chi connectivity index (χ0v) is 15.9. The number of anilines is 1. The molecular weight excluding hydrogens is 377 g/mol. The summed E-state index contributed by atoms with van der Waals surface area (Å²) in [5.41, 5.74) is 2.77. The zero-order chi connectivity index (χ0) is 19.3. The van der Waals surface area contributed by atoms with E-state index < -0.39 is 0 Å². The number of benzene rings is 2. The predicted molar refractivity (Wildman–Crippen MR) is 108 cm³/mol. The van der Waals surface area contributed by atoms with Crippen LogP contribution in [-0.4, -0.2) is 30.0 Å². The van der Waals surface area contributed by atoms with Crippen LogP contribution in [0.5, 0.6) is 0 Å². The molecular formula is C22H19ClFN3O. The van der Waals surface area contributed by atoms with Crippen LogP contribution in [0.2, 0.25) is 5.02 Å². The highest BCUT2D eigenvalue weighted by Gasteiger charge is 2.56. The first-order valence-electron chi connectivity index (χ1n) is 9.41. The summed E-state index contributed by atoms with van der Waals surface area (Å²) in [5, 5.41) is 4.68. The maximum Gasteiger partial charge on any atom is 0.224 e. The van der Waals surface area contributed by atoms with E-state index in [-0.39, 0.29) is 17.8 Å². The van der Waals surface area contributed by atoms with Crippen molar-refractivity contribution >= 4 is 34.1 Å². The van der Waals surface area contributed by atoms with E-state index >= 15 is 0 Å². The summed E-state index contributed by atoms with van der Waals surface area (Å²) in [5.74, 6) is 0.694. The standard InChI is InChI=1S/C22H19ClFN3O/c23-14-3-1-13(2-4-14)9-21(28)26-22-17-11-27(12-18(17)22)20-7-8-25-19-6-5-15(24)10-16(19)20/h1-8,10,17-18,22H,9,11-12H2,(H,26,28). The van der Waals surface area contributed by atoms with Gasteiger partial charge in [-0.25, -0.2) is 4.39 Å². The maximum absolute atomic E-state index is 13.7. The number of fused-ring (bicyclic) bond motifs is 2. The maximum atomic E-state index is 13.7. The average molecular weight is 396 g/mol. The molecule has 4 nitrogen and oxygen atoms in total. The molecule has 28 heavy (non-hydrogen) atoms. The largest absolute Gasteiger partial charge is 0.370 e. The second-order valence-electron chi connectivity index (χ2n) is 7.62. The number of rotatable bonds is 4. The molecule has 2 aliphatic rings. The van der Waals surface area contributed by atoms with Gasteiger partial charge in [0, 0.05) is 53.3 Å². The minimum Gasteiger partial charge on any atom is -0.370 e. The topological polar surface area (TPSA) is 45.2 Å². The molecule has 142 valence electrons. The van der Waals surface area contributed by atoms with Crippen LogP contribution in [0.15, 0.2) is 54.7 Å². The number of pyridine rings is 1. The molecule has 5 rings (SSSR count). The van der Waals surface area contributed by atoms with Crippen LogP contribution >= 0.6 is 11.6 Å². The fourth-order valence-electron chi connectivity index (χ4n) is 4.34. The van der Waals surface area contributed by atoms with Gasteiger partial charge < -0.3 is 10.2 Å². The van der Waals surface area contributed by atoms with Crippen molar-refractivity contribution in [3.05, 3.63) is 71.1 Å². The van der Waals surface area contributed by atoms with E-state index in [2.05, 4.69) is 15.2 Å². The van der Waals surface area contributed by atoms with Gasteiger partial charge in [0.1, 0.15) is 5.82 Å². The summed E-state index contributed by atoms with van der Waals surface area (Å²) in [4.78, 5) is 18.9. The fourth-order valence-corrected chi connectivity index (χ4v) is 4.47. The second kappa shape index (κ2) is 6.74. The van der Waals surface area contributed by atoms with Crippen LogP contribution < -0.4 is 10.2 Å². The number of nitrogens with zero attached hydrogens (tertiary/aromatic N) is 2. The Morgan fingerprint density at radius 3 is 2.64 bits per heavy atom. The van der Waals surface area contributed by atoms with E-state index in [4.69, 9.17) is 11.6 Å². The molecule has 0 radical (unpaired) electrons. The van der Waals surface area contributed by atoms with Crippen molar-refractivity contribution in [1.29, 1.82) is 0 Å². The molecule has 1 N–H and O–H groups in total. The Labute approximate surface area is 167 Å². The van der Waals surface area contributed by atoms with Crippen LogP contribution in [0, 0.1) is 17.7 Å².